The molecule has 1 N–H and O–H groups in total. The molecule has 0 saturated carbocycles. The summed E-state index contributed by atoms with van der Waals surface area (Å²) in [7, 11) is 0. The number of imidazole rings is 1. The van der Waals surface area contributed by atoms with E-state index in [4.69, 9.17) is 0 Å². The van der Waals surface area contributed by atoms with Crippen LogP contribution in [-0.4, -0.2) is 27.5 Å². The molecule has 1 atom stereocenters. The minimum absolute atomic E-state index is 0.0340. The lowest BCUT2D eigenvalue weighted by Gasteiger charge is -2.37. The molecule has 1 aromatic heterocycles. The van der Waals surface area contributed by atoms with Crippen LogP contribution < -0.4 is 5.69 Å². The van der Waals surface area contributed by atoms with Crippen molar-refractivity contribution in [1.82, 2.24) is 14.5 Å². The molecule has 2 heterocycles. The van der Waals surface area contributed by atoms with Gasteiger partial charge in [-0.1, -0.05) is 30.3 Å². The number of likely N-dealkylation sites (tertiary alicyclic amines) is 1. The van der Waals surface area contributed by atoms with E-state index in [1.807, 2.05) is 22.8 Å². The van der Waals surface area contributed by atoms with Crippen LogP contribution in [0.5, 0.6) is 0 Å². The number of nitrogens with one attached hydrogen (secondary N) is 1. The van der Waals surface area contributed by atoms with Gasteiger partial charge in [-0.3, -0.25) is 9.47 Å². The van der Waals surface area contributed by atoms with E-state index in [0.717, 1.165) is 37.0 Å². The van der Waals surface area contributed by atoms with Crippen molar-refractivity contribution in [1.29, 1.82) is 0 Å². The zero-order chi connectivity index (χ0) is 17.7. The van der Waals surface area contributed by atoms with E-state index in [2.05, 4.69) is 41.1 Å². The van der Waals surface area contributed by atoms with Gasteiger partial charge in [0.25, 0.3) is 0 Å². The third-order valence-corrected chi connectivity index (χ3v) is 6.36. The lowest BCUT2D eigenvalue weighted by molar-refractivity contribution is 0.134. The van der Waals surface area contributed by atoms with Gasteiger partial charge in [-0.2, -0.15) is 0 Å². The van der Waals surface area contributed by atoms with Crippen LogP contribution in [0.3, 0.4) is 0 Å². The highest BCUT2D eigenvalue weighted by molar-refractivity contribution is 5.75. The Morgan fingerprint density at radius 1 is 1.00 bits per heavy atom. The molecule has 26 heavy (non-hydrogen) atoms. The summed E-state index contributed by atoms with van der Waals surface area (Å²) in [4.78, 5) is 18.1. The van der Waals surface area contributed by atoms with Crippen molar-refractivity contribution in [2.24, 2.45) is 0 Å². The zero-order valence-corrected chi connectivity index (χ0v) is 15.2. The van der Waals surface area contributed by atoms with Crippen LogP contribution in [0.4, 0.5) is 0 Å². The number of aromatic amines is 1. The SMILES string of the molecule is Cc1cccc2c1C(N1CCC(n3c(=O)[nH]c4ccccc43)CC1)CC2. The first-order chi connectivity index (χ1) is 12.7. The minimum Gasteiger partial charge on any atom is -0.306 e. The number of para-hydroxylation sites is 2. The molecule has 0 bridgehead atoms. The quantitative estimate of drug-likeness (QED) is 0.762. The smallest absolute Gasteiger partial charge is 0.306 e. The third-order valence-electron chi connectivity index (χ3n) is 6.36. The first-order valence-corrected chi connectivity index (χ1v) is 9.74. The van der Waals surface area contributed by atoms with Crippen LogP contribution in [-0.2, 0) is 6.42 Å². The first kappa shape index (κ1) is 15.9. The fourth-order valence-electron chi connectivity index (χ4n) is 5.13. The second-order valence-electron chi connectivity index (χ2n) is 7.79. The molecule has 1 aliphatic carbocycles. The summed E-state index contributed by atoms with van der Waals surface area (Å²) >= 11 is 0. The Labute approximate surface area is 153 Å². The maximum Gasteiger partial charge on any atom is 0.326 e. The summed E-state index contributed by atoms with van der Waals surface area (Å²) in [5.41, 5.74) is 6.55. The molecule has 0 spiro atoms. The van der Waals surface area contributed by atoms with Crippen molar-refractivity contribution in [2.45, 2.75) is 44.7 Å². The number of H-pyrrole nitrogens is 1. The Bertz CT molecular complexity index is 1010. The van der Waals surface area contributed by atoms with Gasteiger partial charge in [0, 0.05) is 25.2 Å². The van der Waals surface area contributed by atoms with E-state index in [9.17, 15) is 4.79 Å². The average molecular weight is 347 g/mol. The van der Waals surface area contributed by atoms with E-state index in [1.54, 1.807) is 5.56 Å². The predicted octanol–water partition coefficient (Wildman–Crippen LogP) is 3.96. The van der Waals surface area contributed by atoms with Crippen LogP contribution in [0.25, 0.3) is 11.0 Å². The van der Waals surface area contributed by atoms with Gasteiger partial charge in [-0.15, -0.1) is 0 Å². The van der Waals surface area contributed by atoms with Crippen molar-refractivity contribution >= 4 is 11.0 Å². The summed E-state index contributed by atoms with van der Waals surface area (Å²) in [6.07, 6.45) is 4.51. The fraction of sp³-hybridized carbons (Fsp3) is 0.409. The number of benzene rings is 2. The maximum atomic E-state index is 12.5. The Kier molecular flexibility index (Phi) is 3.75. The van der Waals surface area contributed by atoms with Gasteiger partial charge >= 0.3 is 5.69 Å². The Balaban J connectivity index is 1.38. The average Bonchev–Trinajstić information content (AvgIpc) is 3.23. The standard InChI is InChI=1S/C22H25N3O/c1-15-5-4-6-16-9-10-20(21(15)16)24-13-11-17(12-14-24)25-19-8-3-2-7-18(19)23-22(25)26/h2-8,17,20H,9-14H2,1H3,(H,23,26). The lowest BCUT2D eigenvalue weighted by Crippen LogP contribution is -2.38. The van der Waals surface area contributed by atoms with E-state index in [1.165, 1.54) is 24.0 Å². The van der Waals surface area contributed by atoms with Crippen LogP contribution >= 0.6 is 0 Å². The number of piperidine rings is 1. The molecular weight excluding hydrogens is 322 g/mol. The molecule has 0 radical (unpaired) electrons. The second-order valence-corrected chi connectivity index (χ2v) is 7.79. The topological polar surface area (TPSA) is 41.0 Å². The molecule has 0 amide bonds. The third kappa shape index (κ3) is 2.43. The first-order valence-electron chi connectivity index (χ1n) is 9.74. The van der Waals surface area contributed by atoms with Gasteiger partial charge in [0.15, 0.2) is 0 Å². The summed E-state index contributed by atoms with van der Waals surface area (Å²) in [5.74, 6) is 0. The molecule has 1 unspecified atom stereocenters. The highest BCUT2D eigenvalue weighted by Gasteiger charge is 2.32. The maximum absolute atomic E-state index is 12.5. The molecule has 5 rings (SSSR count). The van der Waals surface area contributed by atoms with Gasteiger partial charge in [-0.05, 0) is 61.4 Å². The minimum atomic E-state index is 0.0340. The number of fused-ring (bicyclic) bond motifs is 2. The molecule has 1 fully saturated rings. The normalized spacial score (nSPS) is 21.3. The molecule has 134 valence electrons. The molecule has 1 saturated heterocycles. The van der Waals surface area contributed by atoms with Gasteiger partial charge in [0.05, 0.1) is 11.0 Å². The Morgan fingerprint density at radius 3 is 2.65 bits per heavy atom. The van der Waals surface area contributed by atoms with Crippen LogP contribution in [0.15, 0.2) is 47.3 Å². The highest BCUT2D eigenvalue weighted by atomic mass is 16.1. The molecule has 1 aliphatic heterocycles. The van der Waals surface area contributed by atoms with E-state index >= 15 is 0 Å². The Hall–Kier alpha value is -2.33. The van der Waals surface area contributed by atoms with Crippen LogP contribution in [0.2, 0.25) is 0 Å². The van der Waals surface area contributed by atoms with Crippen molar-refractivity contribution in [2.75, 3.05) is 13.1 Å². The predicted molar refractivity (Wildman–Crippen MR) is 105 cm³/mol. The molecular formula is C22H25N3O. The fourth-order valence-corrected chi connectivity index (χ4v) is 5.13. The molecule has 4 heteroatoms. The summed E-state index contributed by atoms with van der Waals surface area (Å²) < 4.78 is 1.99. The van der Waals surface area contributed by atoms with Gasteiger partial charge < -0.3 is 4.98 Å². The van der Waals surface area contributed by atoms with Crippen LogP contribution in [0, 0.1) is 6.92 Å². The van der Waals surface area contributed by atoms with E-state index < -0.39 is 0 Å². The van der Waals surface area contributed by atoms with Crippen LogP contribution in [0.1, 0.15) is 48.0 Å². The number of aromatic nitrogens is 2. The molecule has 2 aliphatic rings. The van der Waals surface area contributed by atoms with E-state index in [-0.39, 0.29) is 5.69 Å². The number of hydrogen-bond acceptors (Lipinski definition) is 2. The second kappa shape index (κ2) is 6.13. The molecule has 2 aromatic carbocycles. The van der Waals surface area contributed by atoms with Gasteiger partial charge in [-0.25, -0.2) is 4.79 Å². The summed E-state index contributed by atoms with van der Waals surface area (Å²) in [6, 6.07) is 15.6. The van der Waals surface area contributed by atoms with Crippen molar-refractivity contribution in [3.63, 3.8) is 0 Å². The zero-order valence-electron chi connectivity index (χ0n) is 15.2. The van der Waals surface area contributed by atoms with Gasteiger partial charge in [0.1, 0.15) is 0 Å². The summed E-state index contributed by atoms with van der Waals surface area (Å²) in [6.45, 7) is 4.37. The summed E-state index contributed by atoms with van der Waals surface area (Å²) in [5, 5.41) is 0. The van der Waals surface area contributed by atoms with Crippen molar-refractivity contribution < 1.29 is 0 Å². The number of aryl methyl sites for hydroxylation is 2. The number of rotatable bonds is 2. The van der Waals surface area contributed by atoms with Crippen molar-refractivity contribution in [3.05, 3.63) is 69.6 Å². The number of hydrogen-bond donors (Lipinski definition) is 1. The highest BCUT2D eigenvalue weighted by Crippen LogP contribution is 2.40. The largest absolute Gasteiger partial charge is 0.326 e. The van der Waals surface area contributed by atoms with Gasteiger partial charge in [0.2, 0.25) is 0 Å². The van der Waals surface area contributed by atoms with Crippen molar-refractivity contribution in [3.8, 4) is 0 Å². The lowest BCUT2D eigenvalue weighted by atomic mass is 9.97. The Morgan fingerprint density at radius 2 is 1.81 bits per heavy atom. The number of nitrogens with zero attached hydrogens (tertiary/aromatic N) is 2. The molecule has 3 aromatic rings. The monoisotopic (exact) mass is 347 g/mol. The molecule has 4 nitrogen and oxygen atoms in total. The van der Waals surface area contributed by atoms with E-state index in [0.29, 0.717) is 12.1 Å².